The molecule has 0 radical (unpaired) electrons. The van der Waals surface area contributed by atoms with Crippen molar-refractivity contribution in [3.63, 3.8) is 0 Å². The van der Waals surface area contributed by atoms with Crippen molar-refractivity contribution in [1.29, 1.82) is 0 Å². The first-order chi connectivity index (χ1) is 9.72. The number of carbonyl (C=O) groups excluding carboxylic acids is 1. The average molecular weight is 276 g/mol. The van der Waals surface area contributed by atoms with Gasteiger partial charge in [0.2, 0.25) is 5.82 Å². The Morgan fingerprint density at radius 3 is 2.85 bits per heavy atom. The second-order valence-electron chi connectivity index (χ2n) is 4.15. The van der Waals surface area contributed by atoms with Crippen LogP contribution >= 0.6 is 0 Å². The van der Waals surface area contributed by atoms with Crippen LogP contribution in [0.2, 0.25) is 0 Å². The van der Waals surface area contributed by atoms with Crippen LogP contribution in [-0.4, -0.2) is 33.1 Å². The Bertz CT molecular complexity index is 583. The summed E-state index contributed by atoms with van der Waals surface area (Å²) in [6.45, 7) is 2.79. The van der Waals surface area contributed by atoms with Gasteiger partial charge in [0.05, 0.1) is 19.2 Å². The van der Waals surface area contributed by atoms with E-state index in [1.54, 1.807) is 25.2 Å². The smallest absolute Gasteiger partial charge is 0.212 e. The maximum Gasteiger partial charge on any atom is 0.212 e. The molecule has 0 aliphatic rings. The zero-order valence-corrected chi connectivity index (χ0v) is 11.4. The van der Waals surface area contributed by atoms with Gasteiger partial charge in [0.15, 0.2) is 12.9 Å². The van der Waals surface area contributed by atoms with Crippen molar-refractivity contribution in [3.8, 4) is 11.5 Å². The molecule has 1 aromatic carbocycles. The lowest BCUT2D eigenvalue weighted by Crippen LogP contribution is -2.02. The van der Waals surface area contributed by atoms with Crippen molar-refractivity contribution in [2.75, 3.05) is 6.61 Å². The van der Waals surface area contributed by atoms with Crippen molar-refractivity contribution in [1.82, 2.24) is 20.2 Å². The Hall–Kier alpha value is -2.44. The largest absolute Gasteiger partial charge is 0.493 e. The molecule has 0 spiro atoms. The van der Waals surface area contributed by atoms with Crippen LogP contribution in [0.5, 0.6) is 11.5 Å². The molecule has 0 aliphatic heterocycles. The highest BCUT2D eigenvalue weighted by Gasteiger charge is 2.08. The van der Waals surface area contributed by atoms with E-state index < -0.39 is 0 Å². The lowest BCUT2D eigenvalue weighted by atomic mass is 10.2. The molecule has 0 N–H and O–H groups in total. The number of benzene rings is 1. The van der Waals surface area contributed by atoms with Crippen LogP contribution < -0.4 is 9.47 Å². The lowest BCUT2D eigenvalue weighted by molar-refractivity contribution is 0.111. The van der Waals surface area contributed by atoms with Crippen LogP contribution in [0.15, 0.2) is 18.2 Å². The Morgan fingerprint density at radius 2 is 2.20 bits per heavy atom. The van der Waals surface area contributed by atoms with E-state index in [0.717, 1.165) is 12.7 Å². The fourth-order valence-corrected chi connectivity index (χ4v) is 1.57. The van der Waals surface area contributed by atoms with Crippen LogP contribution in [0, 0.1) is 0 Å². The summed E-state index contributed by atoms with van der Waals surface area (Å²) in [4.78, 5) is 12.3. The summed E-state index contributed by atoms with van der Waals surface area (Å²) in [6, 6.07) is 5.10. The van der Waals surface area contributed by atoms with E-state index in [9.17, 15) is 4.79 Å². The quantitative estimate of drug-likeness (QED) is 0.711. The zero-order chi connectivity index (χ0) is 14.4. The van der Waals surface area contributed by atoms with Crippen LogP contribution in [0.25, 0.3) is 0 Å². The van der Waals surface area contributed by atoms with Gasteiger partial charge in [0.25, 0.3) is 0 Å². The second kappa shape index (κ2) is 6.65. The third-order valence-electron chi connectivity index (χ3n) is 2.49. The van der Waals surface area contributed by atoms with E-state index in [2.05, 4.69) is 15.4 Å². The van der Waals surface area contributed by atoms with Gasteiger partial charge in [-0.2, -0.15) is 4.80 Å². The minimum atomic E-state index is 0.145. The molecule has 1 heterocycles. The van der Waals surface area contributed by atoms with Crippen LogP contribution in [0.4, 0.5) is 0 Å². The van der Waals surface area contributed by atoms with E-state index in [4.69, 9.17) is 9.47 Å². The van der Waals surface area contributed by atoms with Gasteiger partial charge in [-0.25, -0.2) is 0 Å². The summed E-state index contributed by atoms with van der Waals surface area (Å²) >= 11 is 0. The number of aromatic nitrogens is 4. The maximum absolute atomic E-state index is 11.0. The summed E-state index contributed by atoms with van der Waals surface area (Å²) < 4.78 is 11.1. The van der Waals surface area contributed by atoms with E-state index in [1.807, 2.05) is 6.92 Å². The van der Waals surface area contributed by atoms with E-state index >= 15 is 0 Å². The minimum absolute atomic E-state index is 0.145. The third-order valence-corrected chi connectivity index (χ3v) is 2.49. The Labute approximate surface area is 116 Å². The van der Waals surface area contributed by atoms with Crippen molar-refractivity contribution in [2.24, 2.45) is 7.05 Å². The first-order valence-corrected chi connectivity index (χ1v) is 6.30. The van der Waals surface area contributed by atoms with E-state index in [-0.39, 0.29) is 6.61 Å². The molecule has 7 nitrogen and oxygen atoms in total. The minimum Gasteiger partial charge on any atom is -0.493 e. The van der Waals surface area contributed by atoms with E-state index in [0.29, 0.717) is 29.5 Å². The first-order valence-electron chi connectivity index (χ1n) is 6.30. The fourth-order valence-electron chi connectivity index (χ4n) is 1.57. The number of nitrogens with zero attached hydrogens (tertiary/aromatic N) is 4. The van der Waals surface area contributed by atoms with Crippen molar-refractivity contribution in [3.05, 3.63) is 29.6 Å². The topological polar surface area (TPSA) is 79.1 Å². The second-order valence-corrected chi connectivity index (χ2v) is 4.15. The average Bonchev–Trinajstić information content (AvgIpc) is 2.88. The van der Waals surface area contributed by atoms with Crippen LogP contribution in [0.1, 0.15) is 29.5 Å². The summed E-state index contributed by atoms with van der Waals surface area (Å²) in [5.41, 5.74) is 0.456. The molecule has 0 atom stereocenters. The number of tetrazole rings is 1. The predicted octanol–water partition coefficient (Wildman–Crippen LogP) is 1.39. The lowest BCUT2D eigenvalue weighted by Gasteiger charge is -2.09. The molecule has 7 heteroatoms. The first kappa shape index (κ1) is 14.0. The summed E-state index contributed by atoms with van der Waals surface area (Å²) in [5.74, 6) is 1.56. The molecule has 1 aromatic heterocycles. The van der Waals surface area contributed by atoms with Gasteiger partial charge < -0.3 is 9.47 Å². The molecule has 20 heavy (non-hydrogen) atoms. The Kier molecular flexibility index (Phi) is 4.65. The molecule has 2 rings (SSSR count). The highest BCUT2D eigenvalue weighted by atomic mass is 16.5. The maximum atomic E-state index is 11.0. The van der Waals surface area contributed by atoms with Crippen LogP contribution in [-0.2, 0) is 13.7 Å². The zero-order valence-electron chi connectivity index (χ0n) is 11.4. The molecule has 106 valence electrons. The van der Waals surface area contributed by atoms with Crippen molar-refractivity contribution < 1.29 is 14.3 Å². The number of hydrogen-bond acceptors (Lipinski definition) is 6. The van der Waals surface area contributed by atoms with Gasteiger partial charge in [-0.1, -0.05) is 6.92 Å². The number of aryl methyl sites for hydroxylation is 1. The number of ether oxygens (including phenoxy) is 2. The summed E-state index contributed by atoms with van der Waals surface area (Å²) in [6.07, 6.45) is 1.65. The SMILES string of the molecule is CCCOc1ccc(C=O)c(OCc2nnn(C)n2)c1. The molecule has 0 bridgehead atoms. The molecule has 0 aliphatic carbocycles. The number of hydrogen-bond donors (Lipinski definition) is 0. The number of carbonyl (C=O) groups is 1. The molecular weight excluding hydrogens is 260 g/mol. The van der Waals surface area contributed by atoms with Gasteiger partial charge in [0.1, 0.15) is 11.5 Å². The normalized spacial score (nSPS) is 10.3. The fraction of sp³-hybridized carbons (Fsp3) is 0.385. The van der Waals surface area contributed by atoms with Gasteiger partial charge in [-0.3, -0.25) is 4.79 Å². The van der Waals surface area contributed by atoms with Gasteiger partial charge in [0, 0.05) is 6.07 Å². The number of rotatable bonds is 7. The highest BCUT2D eigenvalue weighted by molar-refractivity contribution is 5.79. The van der Waals surface area contributed by atoms with Crippen molar-refractivity contribution >= 4 is 6.29 Å². The monoisotopic (exact) mass is 276 g/mol. The molecule has 0 fully saturated rings. The standard InChI is InChI=1S/C13H16N4O3/c1-3-6-19-11-5-4-10(8-18)12(7-11)20-9-13-14-16-17(2)15-13/h4-5,7-8H,3,6,9H2,1-2H3. The molecule has 0 unspecified atom stereocenters. The van der Waals surface area contributed by atoms with Gasteiger partial charge in [-0.15, -0.1) is 10.2 Å². The molecule has 0 saturated heterocycles. The Balaban J connectivity index is 2.09. The van der Waals surface area contributed by atoms with Gasteiger partial charge >= 0.3 is 0 Å². The number of aldehydes is 1. The van der Waals surface area contributed by atoms with E-state index in [1.165, 1.54) is 4.80 Å². The molecular formula is C13H16N4O3. The predicted molar refractivity (Wildman–Crippen MR) is 70.7 cm³/mol. The molecule has 0 saturated carbocycles. The Morgan fingerprint density at radius 1 is 1.35 bits per heavy atom. The summed E-state index contributed by atoms with van der Waals surface area (Å²) in [5, 5.41) is 11.5. The third kappa shape index (κ3) is 3.53. The van der Waals surface area contributed by atoms with Crippen molar-refractivity contribution in [2.45, 2.75) is 20.0 Å². The molecule has 2 aromatic rings. The summed E-state index contributed by atoms with van der Waals surface area (Å²) in [7, 11) is 1.67. The van der Waals surface area contributed by atoms with Crippen LogP contribution in [0.3, 0.4) is 0 Å². The molecule has 0 amide bonds. The van der Waals surface area contributed by atoms with Gasteiger partial charge in [-0.05, 0) is 23.8 Å². The highest BCUT2D eigenvalue weighted by Crippen LogP contribution is 2.24.